The topological polar surface area (TPSA) is 93.2 Å². The van der Waals surface area contributed by atoms with Gasteiger partial charge in [0.2, 0.25) is 15.9 Å². The Kier molecular flexibility index (Phi) is 7.41. The Balaban J connectivity index is 1.63. The van der Waals surface area contributed by atoms with E-state index in [1.807, 2.05) is 0 Å². The Bertz CT molecular complexity index is 1070. The molecular weight excluding hydrogens is 446 g/mol. The number of para-hydroxylation sites is 1. The smallest absolute Gasteiger partial charge is 0.387 e. The molecule has 0 saturated carbocycles. The number of rotatable bonds is 7. The van der Waals surface area contributed by atoms with Gasteiger partial charge in [-0.25, -0.2) is 13.2 Å². The van der Waals surface area contributed by atoms with E-state index >= 15 is 0 Å². The molecular formula is C21H22F2N2O6S. The second kappa shape index (κ2) is 10.0. The first kappa shape index (κ1) is 23.6. The third kappa shape index (κ3) is 5.60. The standard InChI is InChI=1S/C21H22F2N2O6S/c1-15(26)24-10-12-25(13-11-24)32(28,29)18-8-6-16(7-9-18)20(27)30-14-17-4-2-3-5-19(17)31-21(22)23/h2-9,21H,10-14H2,1H3. The van der Waals surface area contributed by atoms with Gasteiger partial charge in [-0.2, -0.15) is 13.1 Å². The minimum atomic E-state index is -3.77. The molecule has 1 heterocycles. The van der Waals surface area contributed by atoms with Gasteiger partial charge in [-0.1, -0.05) is 18.2 Å². The highest BCUT2D eigenvalue weighted by molar-refractivity contribution is 7.89. The van der Waals surface area contributed by atoms with E-state index in [-0.39, 0.29) is 47.4 Å². The molecule has 1 aliphatic heterocycles. The van der Waals surface area contributed by atoms with Crippen LogP contribution in [0.1, 0.15) is 22.8 Å². The number of halogens is 2. The summed E-state index contributed by atoms with van der Waals surface area (Å²) in [5.41, 5.74) is 0.377. The number of amides is 1. The van der Waals surface area contributed by atoms with Crippen LogP contribution in [0.3, 0.4) is 0 Å². The van der Waals surface area contributed by atoms with Crippen LogP contribution in [0.25, 0.3) is 0 Å². The van der Waals surface area contributed by atoms with Crippen LogP contribution in [0, 0.1) is 0 Å². The number of carbonyl (C=O) groups is 2. The van der Waals surface area contributed by atoms with Gasteiger partial charge >= 0.3 is 12.6 Å². The third-order valence-electron chi connectivity index (χ3n) is 4.96. The van der Waals surface area contributed by atoms with Crippen molar-refractivity contribution in [3.63, 3.8) is 0 Å². The molecule has 11 heteroatoms. The highest BCUT2D eigenvalue weighted by atomic mass is 32.2. The van der Waals surface area contributed by atoms with E-state index in [4.69, 9.17) is 4.74 Å². The molecule has 0 N–H and O–H groups in total. The van der Waals surface area contributed by atoms with Crippen molar-refractivity contribution in [3.05, 3.63) is 59.7 Å². The summed E-state index contributed by atoms with van der Waals surface area (Å²) in [5, 5.41) is 0. The van der Waals surface area contributed by atoms with Gasteiger partial charge in [-0.15, -0.1) is 0 Å². The number of hydrogen-bond donors (Lipinski definition) is 0. The molecule has 32 heavy (non-hydrogen) atoms. The maximum Gasteiger partial charge on any atom is 0.387 e. The summed E-state index contributed by atoms with van der Waals surface area (Å²) in [6, 6.07) is 11.2. The molecule has 1 saturated heterocycles. The predicted octanol–water partition coefficient (Wildman–Crippen LogP) is 2.50. The number of nitrogens with zero attached hydrogens (tertiary/aromatic N) is 2. The van der Waals surface area contributed by atoms with E-state index in [9.17, 15) is 26.8 Å². The van der Waals surface area contributed by atoms with E-state index in [0.29, 0.717) is 13.1 Å². The maximum atomic E-state index is 12.8. The lowest BCUT2D eigenvalue weighted by molar-refractivity contribution is -0.129. The quantitative estimate of drug-likeness (QED) is 0.580. The number of ether oxygens (including phenoxy) is 2. The van der Waals surface area contributed by atoms with Crippen molar-refractivity contribution >= 4 is 21.9 Å². The van der Waals surface area contributed by atoms with Crippen molar-refractivity contribution in [2.75, 3.05) is 26.2 Å². The van der Waals surface area contributed by atoms with Gasteiger partial charge in [-0.05, 0) is 30.3 Å². The highest BCUT2D eigenvalue weighted by Gasteiger charge is 2.29. The Hall–Kier alpha value is -3.05. The normalized spacial score (nSPS) is 14.9. The first-order valence-electron chi connectivity index (χ1n) is 9.74. The van der Waals surface area contributed by atoms with Crippen LogP contribution >= 0.6 is 0 Å². The average Bonchev–Trinajstić information content (AvgIpc) is 2.78. The molecule has 0 aliphatic carbocycles. The fourth-order valence-electron chi connectivity index (χ4n) is 3.22. The van der Waals surface area contributed by atoms with Crippen LogP contribution in [-0.2, 0) is 26.2 Å². The molecule has 2 aromatic carbocycles. The van der Waals surface area contributed by atoms with Crippen molar-refractivity contribution in [1.29, 1.82) is 0 Å². The van der Waals surface area contributed by atoms with Crippen LogP contribution in [0.2, 0.25) is 0 Å². The fourth-order valence-corrected chi connectivity index (χ4v) is 4.64. The minimum Gasteiger partial charge on any atom is -0.457 e. The second-order valence-electron chi connectivity index (χ2n) is 7.00. The molecule has 0 unspecified atom stereocenters. The Morgan fingerprint density at radius 3 is 2.22 bits per heavy atom. The average molecular weight is 468 g/mol. The van der Waals surface area contributed by atoms with E-state index in [1.54, 1.807) is 11.0 Å². The van der Waals surface area contributed by atoms with Gasteiger partial charge in [-0.3, -0.25) is 4.79 Å². The molecule has 0 bridgehead atoms. The lowest BCUT2D eigenvalue weighted by atomic mass is 10.2. The molecule has 1 fully saturated rings. The maximum absolute atomic E-state index is 12.8. The summed E-state index contributed by atoms with van der Waals surface area (Å²) < 4.78 is 61.4. The van der Waals surface area contributed by atoms with Gasteiger partial charge in [0, 0.05) is 38.7 Å². The molecule has 1 amide bonds. The van der Waals surface area contributed by atoms with Crippen LogP contribution in [0.4, 0.5) is 8.78 Å². The van der Waals surface area contributed by atoms with Crippen LogP contribution in [0.15, 0.2) is 53.4 Å². The van der Waals surface area contributed by atoms with E-state index < -0.39 is 22.6 Å². The van der Waals surface area contributed by atoms with Crippen LogP contribution < -0.4 is 4.74 Å². The molecule has 1 aliphatic rings. The summed E-state index contributed by atoms with van der Waals surface area (Å²) in [4.78, 5) is 25.3. The lowest BCUT2D eigenvalue weighted by Gasteiger charge is -2.33. The number of piperazine rings is 1. The molecule has 2 aromatic rings. The zero-order valence-electron chi connectivity index (χ0n) is 17.2. The Morgan fingerprint density at radius 1 is 1.00 bits per heavy atom. The molecule has 0 atom stereocenters. The predicted molar refractivity (Wildman–Crippen MR) is 110 cm³/mol. The molecule has 172 valence electrons. The molecule has 0 spiro atoms. The number of sulfonamides is 1. The fraction of sp³-hybridized carbons (Fsp3) is 0.333. The Labute approximate surface area is 184 Å². The second-order valence-corrected chi connectivity index (χ2v) is 8.93. The molecule has 0 radical (unpaired) electrons. The monoisotopic (exact) mass is 468 g/mol. The first-order chi connectivity index (χ1) is 15.2. The van der Waals surface area contributed by atoms with Crippen LogP contribution in [-0.4, -0.2) is 62.3 Å². The van der Waals surface area contributed by atoms with Crippen molar-refractivity contribution in [3.8, 4) is 5.75 Å². The largest absolute Gasteiger partial charge is 0.457 e. The van der Waals surface area contributed by atoms with Gasteiger partial charge < -0.3 is 14.4 Å². The lowest BCUT2D eigenvalue weighted by Crippen LogP contribution is -2.49. The van der Waals surface area contributed by atoms with E-state index in [2.05, 4.69) is 4.74 Å². The first-order valence-corrected chi connectivity index (χ1v) is 11.2. The molecule has 0 aromatic heterocycles. The van der Waals surface area contributed by atoms with Crippen molar-refractivity contribution in [1.82, 2.24) is 9.21 Å². The third-order valence-corrected chi connectivity index (χ3v) is 6.87. The van der Waals surface area contributed by atoms with E-state index in [1.165, 1.54) is 53.7 Å². The number of carbonyl (C=O) groups excluding carboxylic acids is 2. The van der Waals surface area contributed by atoms with Crippen LogP contribution in [0.5, 0.6) is 5.75 Å². The highest BCUT2D eigenvalue weighted by Crippen LogP contribution is 2.22. The minimum absolute atomic E-state index is 0.0148. The van der Waals surface area contributed by atoms with Crippen molar-refractivity contribution in [2.24, 2.45) is 0 Å². The SMILES string of the molecule is CC(=O)N1CCN(S(=O)(=O)c2ccc(C(=O)OCc3ccccc3OC(F)F)cc2)CC1. The summed E-state index contributed by atoms with van der Waals surface area (Å²) >= 11 is 0. The zero-order valence-corrected chi connectivity index (χ0v) is 18.1. The number of benzene rings is 2. The Morgan fingerprint density at radius 2 is 1.62 bits per heavy atom. The summed E-state index contributed by atoms with van der Waals surface area (Å²) in [7, 11) is -3.77. The summed E-state index contributed by atoms with van der Waals surface area (Å²) in [5.74, 6) is -0.939. The zero-order chi connectivity index (χ0) is 23.3. The van der Waals surface area contributed by atoms with Crippen molar-refractivity contribution in [2.45, 2.75) is 25.0 Å². The van der Waals surface area contributed by atoms with Crippen molar-refractivity contribution < 1.29 is 36.3 Å². The summed E-state index contributed by atoms with van der Waals surface area (Å²) in [6.07, 6.45) is 0. The van der Waals surface area contributed by atoms with Gasteiger partial charge in [0.15, 0.2) is 0 Å². The summed E-state index contributed by atoms with van der Waals surface area (Å²) in [6.45, 7) is -0.857. The molecule has 3 rings (SSSR count). The van der Waals surface area contributed by atoms with Gasteiger partial charge in [0.1, 0.15) is 12.4 Å². The number of alkyl halides is 2. The van der Waals surface area contributed by atoms with E-state index in [0.717, 1.165) is 0 Å². The van der Waals surface area contributed by atoms with Gasteiger partial charge in [0.05, 0.1) is 10.5 Å². The number of esters is 1. The number of hydrogen-bond acceptors (Lipinski definition) is 6. The van der Waals surface area contributed by atoms with Gasteiger partial charge in [0.25, 0.3) is 0 Å². The molecule has 8 nitrogen and oxygen atoms in total.